The number of fused-ring (bicyclic) bond motifs is 1. The summed E-state index contributed by atoms with van der Waals surface area (Å²) in [4.78, 5) is 21.1. The van der Waals surface area contributed by atoms with Crippen LogP contribution in [0.5, 0.6) is 11.5 Å². The molecule has 0 fully saturated rings. The van der Waals surface area contributed by atoms with Gasteiger partial charge < -0.3 is 26.3 Å². The number of nitrogens with one attached hydrogen (secondary N) is 2. The summed E-state index contributed by atoms with van der Waals surface area (Å²) in [5.41, 5.74) is 13.7. The summed E-state index contributed by atoms with van der Waals surface area (Å²) in [6.07, 6.45) is 1.79. The molecule has 11 nitrogen and oxygen atoms in total. The van der Waals surface area contributed by atoms with E-state index in [1.807, 2.05) is 6.07 Å². The maximum Gasteiger partial charge on any atom is 0.343 e. The number of rotatable bonds is 4. The van der Waals surface area contributed by atoms with Crippen LogP contribution in [0.1, 0.15) is 33.1 Å². The Kier molecular flexibility index (Phi) is 5.84. The Bertz CT molecular complexity index is 1370. The van der Waals surface area contributed by atoms with E-state index in [9.17, 15) is 10.1 Å². The number of esters is 1. The Morgan fingerprint density at radius 3 is 2.38 bits per heavy atom. The van der Waals surface area contributed by atoms with Crippen molar-refractivity contribution in [1.82, 2.24) is 10.3 Å². The zero-order valence-corrected chi connectivity index (χ0v) is 17.9. The molecule has 6 N–H and O–H groups in total. The Hall–Kier alpha value is -5.29. The molecule has 34 heavy (non-hydrogen) atoms. The molecule has 0 aliphatic carbocycles. The van der Waals surface area contributed by atoms with Crippen LogP contribution >= 0.6 is 0 Å². The van der Waals surface area contributed by atoms with E-state index in [4.69, 9.17) is 26.2 Å². The molecular formula is C23H18N8O3. The summed E-state index contributed by atoms with van der Waals surface area (Å²) in [6.45, 7) is 0. The monoisotopic (exact) mass is 454 g/mol. The summed E-state index contributed by atoms with van der Waals surface area (Å²) in [5.74, 6) is 0.809. The van der Waals surface area contributed by atoms with E-state index in [0.29, 0.717) is 28.2 Å². The highest BCUT2D eigenvalue weighted by atomic mass is 16.5. The lowest BCUT2D eigenvalue weighted by molar-refractivity contribution is 0.0734. The molecule has 1 aliphatic rings. The molecule has 11 heteroatoms. The molecule has 1 atom stereocenters. The second-order valence-corrected chi connectivity index (χ2v) is 7.09. The van der Waals surface area contributed by atoms with Gasteiger partial charge in [0.1, 0.15) is 40.8 Å². The van der Waals surface area contributed by atoms with Crippen molar-refractivity contribution in [3.63, 3.8) is 0 Å². The number of hydrogen-bond donors (Lipinski definition) is 4. The van der Waals surface area contributed by atoms with Crippen LogP contribution in [0.3, 0.4) is 0 Å². The minimum absolute atomic E-state index is 0.0380. The molecule has 0 radical (unpaired) electrons. The van der Waals surface area contributed by atoms with Gasteiger partial charge >= 0.3 is 5.97 Å². The molecule has 0 spiro atoms. The Labute approximate surface area is 194 Å². The van der Waals surface area contributed by atoms with Crippen LogP contribution < -0.4 is 31.6 Å². The predicted octanol–water partition coefficient (Wildman–Crippen LogP) is 2.29. The fraction of sp³-hybridized carbons (Fsp3) is 0.0870. The average molecular weight is 454 g/mol. The number of aliphatic imine (C=N–C) groups is 1. The number of nitrogens with two attached hydrogens (primary N) is 2. The van der Waals surface area contributed by atoms with E-state index < -0.39 is 12.0 Å². The number of hydrogen-bond acceptors (Lipinski definition) is 11. The molecule has 1 aromatic heterocycles. The lowest BCUT2D eigenvalue weighted by Crippen LogP contribution is -2.32. The van der Waals surface area contributed by atoms with Gasteiger partial charge in [0.15, 0.2) is 6.19 Å². The minimum Gasteiger partial charge on any atom is -0.497 e. The fourth-order valence-electron chi connectivity index (χ4n) is 3.43. The third-order valence-electron chi connectivity index (χ3n) is 5.09. The third-order valence-corrected chi connectivity index (χ3v) is 5.09. The number of nitrogens with zero attached hydrogens (tertiary/aromatic N) is 4. The first kappa shape index (κ1) is 21.9. The van der Waals surface area contributed by atoms with Crippen LogP contribution in [0.2, 0.25) is 0 Å². The first-order valence-corrected chi connectivity index (χ1v) is 9.90. The first-order chi connectivity index (χ1) is 16.4. The number of carbonyl (C=O) groups excluding carboxylic acids is 1. The summed E-state index contributed by atoms with van der Waals surface area (Å²) >= 11 is 0. The minimum atomic E-state index is -0.696. The van der Waals surface area contributed by atoms with E-state index in [1.165, 1.54) is 0 Å². The van der Waals surface area contributed by atoms with Gasteiger partial charge in [-0.25, -0.2) is 14.8 Å². The highest BCUT2D eigenvalue weighted by Crippen LogP contribution is 2.40. The number of ether oxygens (including phenoxy) is 2. The smallest absolute Gasteiger partial charge is 0.343 e. The molecule has 1 aliphatic heterocycles. The van der Waals surface area contributed by atoms with Crippen LogP contribution in [0.25, 0.3) is 0 Å². The van der Waals surface area contributed by atoms with Crippen LogP contribution in [0, 0.1) is 22.8 Å². The molecule has 2 heterocycles. The number of nitriles is 2. The lowest BCUT2D eigenvalue weighted by Gasteiger charge is -2.26. The lowest BCUT2D eigenvalue weighted by atomic mass is 9.95. The zero-order valence-electron chi connectivity index (χ0n) is 17.9. The predicted molar refractivity (Wildman–Crippen MR) is 124 cm³/mol. The van der Waals surface area contributed by atoms with Crippen LogP contribution in [-0.4, -0.2) is 24.0 Å². The van der Waals surface area contributed by atoms with E-state index in [1.54, 1.807) is 61.8 Å². The van der Waals surface area contributed by atoms with Crippen molar-refractivity contribution in [2.75, 3.05) is 23.9 Å². The second-order valence-electron chi connectivity index (χ2n) is 7.09. The van der Waals surface area contributed by atoms with Crippen molar-refractivity contribution < 1.29 is 14.3 Å². The molecule has 168 valence electrons. The molecule has 0 saturated carbocycles. The highest BCUT2D eigenvalue weighted by Gasteiger charge is 2.29. The van der Waals surface area contributed by atoms with Gasteiger partial charge in [0.25, 0.3) is 0 Å². The summed E-state index contributed by atoms with van der Waals surface area (Å²) in [5, 5.41) is 23.7. The van der Waals surface area contributed by atoms with E-state index in [-0.39, 0.29) is 28.8 Å². The van der Waals surface area contributed by atoms with E-state index in [0.717, 1.165) is 0 Å². The van der Waals surface area contributed by atoms with Gasteiger partial charge in [0, 0.05) is 5.56 Å². The van der Waals surface area contributed by atoms with Gasteiger partial charge in [0.2, 0.25) is 5.96 Å². The second kappa shape index (κ2) is 9.06. The van der Waals surface area contributed by atoms with E-state index in [2.05, 4.69) is 20.6 Å². The Morgan fingerprint density at radius 2 is 1.76 bits per heavy atom. The zero-order chi connectivity index (χ0) is 24.2. The normalized spacial score (nSPS) is 13.9. The average Bonchev–Trinajstić information content (AvgIpc) is 2.84. The van der Waals surface area contributed by atoms with Gasteiger partial charge in [-0.1, -0.05) is 12.1 Å². The number of nitrogen functional groups attached to an aromatic ring is 2. The number of methoxy groups -OCH3 is 1. The molecule has 0 bridgehead atoms. The summed E-state index contributed by atoms with van der Waals surface area (Å²) in [6, 6.07) is 14.4. The number of aromatic nitrogens is 1. The van der Waals surface area contributed by atoms with Gasteiger partial charge in [0.05, 0.1) is 18.4 Å². The van der Waals surface area contributed by atoms with Crippen molar-refractivity contribution in [1.29, 1.82) is 10.5 Å². The maximum atomic E-state index is 12.4. The van der Waals surface area contributed by atoms with Gasteiger partial charge in [-0.05, 0) is 42.0 Å². The van der Waals surface area contributed by atoms with Crippen molar-refractivity contribution in [3.8, 4) is 23.8 Å². The topological polar surface area (TPSA) is 184 Å². The molecular weight excluding hydrogens is 436 g/mol. The van der Waals surface area contributed by atoms with Crippen LogP contribution in [0.4, 0.5) is 17.3 Å². The largest absolute Gasteiger partial charge is 0.497 e. The van der Waals surface area contributed by atoms with Crippen molar-refractivity contribution in [3.05, 3.63) is 70.8 Å². The number of benzene rings is 2. The summed E-state index contributed by atoms with van der Waals surface area (Å²) in [7, 11) is 1.54. The van der Waals surface area contributed by atoms with Crippen molar-refractivity contribution in [2.45, 2.75) is 6.04 Å². The summed E-state index contributed by atoms with van der Waals surface area (Å²) < 4.78 is 10.5. The first-order valence-electron chi connectivity index (χ1n) is 9.90. The third kappa shape index (κ3) is 4.09. The van der Waals surface area contributed by atoms with Crippen LogP contribution in [-0.2, 0) is 0 Å². The van der Waals surface area contributed by atoms with Crippen LogP contribution in [0.15, 0.2) is 53.5 Å². The molecule has 0 saturated heterocycles. The molecule has 4 rings (SSSR count). The SMILES string of the molecule is COc1ccc(C(=O)Oc2ccc(C3N=C(NC#N)Nc4nc(N)c(C#N)c(N)c43)cc2)cc1. The number of pyridine rings is 1. The molecule has 0 amide bonds. The number of anilines is 3. The quantitative estimate of drug-likeness (QED) is 0.197. The molecule has 2 aromatic carbocycles. The van der Waals surface area contributed by atoms with E-state index >= 15 is 0 Å². The fourth-order valence-corrected chi connectivity index (χ4v) is 3.43. The highest BCUT2D eigenvalue weighted by molar-refractivity contribution is 5.98. The Morgan fingerprint density at radius 1 is 1.09 bits per heavy atom. The van der Waals surface area contributed by atoms with Gasteiger partial charge in [-0.3, -0.25) is 5.32 Å². The Balaban J connectivity index is 1.64. The van der Waals surface area contributed by atoms with Crippen molar-refractivity contribution in [2.24, 2.45) is 4.99 Å². The van der Waals surface area contributed by atoms with Crippen molar-refractivity contribution >= 4 is 29.3 Å². The maximum absolute atomic E-state index is 12.4. The standard InChI is InChI=1S/C23H18N8O3/c1-33-14-6-4-13(5-7-14)22(32)34-15-8-2-12(3-9-15)19-17-18(26)16(10-24)20(27)30-21(17)31-23(29-19)28-11-25/h2-9,19H,1H3,(H6,26,27,28,29,30,31). The molecule has 3 aromatic rings. The number of guanidine groups is 1. The molecule has 1 unspecified atom stereocenters. The number of carbonyl (C=O) groups is 1. The van der Waals surface area contributed by atoms with Gasteiger partial charge in [-0.2, -0.15) is 10.5 Å². The van der Waals surface area contributed by atoms with Gasteiger partial charge in [-0.15, -0.1) is 0 Å².